The number of nitrogens with zero attached hydrogens (tertiary/aromatic N) is 1. The zero-order chi connectivity index (χ0) is 14.1. The Morgan fingerprint density at radius 2 is 1.67 bits per heavy atom. The van der Waals surface area contributed by atoms with Gasteiger partial charge >= 0.3 is 0 Å². The van der Waals surface area contributed by atoms with E-state index in [4.69, 9.17) is 0 Å². The largest absolute Gasteiger partial charge is 0.340 e. The first-order valence-electron chi connectivity index (χ1n) is 6.93. The molecule has 1 aliphatic heterocycles. The van der Waals surface area contributed by atoms with Crippen molar-refractivity contribution in [3.63, 3.8) is 0 Å². The molecule has 0 aromatic heterocycles. The van der Waals surface area contributed by atoms with Crippen molar-refractivity contribution >= 4 is 11.8 Å². The molecule has 1 N–H and O–H groups in total. The van der Waals surface area contributed by atoms with Crippen LogP contribution in [0.3, 0.4) is 0 Å². The molecule has 0 saturated carbocycles. The Hall–Kier alpha value is -1.06. The Morgan fingerprint density at radius 1 is 1.17 bits per heavy atom. The van der Waals surface area contributed by atoms with E-state index in [1.807, 2.05) is 32.6 Å². The van der Waals surface area contributed by atoms with Crippen LogP contribution in [-0.2, 0) is 9.59 Å². The van der Waals surface area contributed by atoms with Crippen molar-refractivity contribution in [2.24, 2.45) is 0 Å². The van der Waals surface area contributed by atoms with E-state index in [1.54, 1.807) is 13.8 Å². The van der Waals surface area contributed by atoms with Gasteiger partial charge in [0.1, 0.15) is 11.1 Å². The predicted molar refractivity (Wildman–Crippen MR) is 72.1 cm³/mol. The molecule has 18 heavy (non-hydrogen) atoms. The monoisotopic (exact) mass is 254 g/mol. The highest BCUT2D eigenvalue weighted by atomic mass is 16.2. The minimum absolute atomic E-state index is 0.0163. The average Bonchev–Trinajstić information content (AvgIpc) is 2.32. The lowest BCUT2D eigenvalue weighted by Crippen LogP contribution is -2.75. The Balaban J connectivity index is 3.31. The van der Waals surface area contributed by atoms with Crippen LogP contribution >= 0.6 is 0 Å². The van der Waals surface area contributed by atoms with Crippen molar-refractivity contribution in [2.45, 2.75) is 77.9 Å². The second-order valence-electron chi connectivity index (χ2n) is 5.75. The van der Waals surface area contributed by atoms with Gasteiger partial charge in [0.05, 0.1) is 0 Å². The van der Waals surface area contributed by atoms with Gasteiger partial charge < -0.3 is 10.2 Å². The van der Waals surface area contributed by atoms with E-state index in [1.165, 1.54) is 0 Å². The fourth-order valence-corrected chi connectivity index (χ4v) is 2.77. The first kappa shape index (κ1) is 15.0. The summed E-state index contributed by atoms with van der Waals surface area (Å²) >= 11 is 0. The molecule has 0 spiro atoms. The molecule has 0 aliphatic carbocycles. The third-order valence-corrected chi connectivity index (χ3v) is 4.26. The number of carbonyl (C=O) groups excluding carboxylic acids is 2. The highest BCUT2D eigenvalue weighted by Crippen LogP contribution is 2.34. The van der Waals surface area contributed by atoms with Crippen molar-refractivity contribution in [3.8, 4) is 0 Å². The van der Waals surface area contributed by atoms with E-state index in [9.17, 15) is 9.59 Å². The number of hydrogen-bond donors (Lipinski definition) is 1. The molecule has 1 aliphatic rings. The molecule has 104 valence electrons. The quantitative estimate of drug-likeness (QED) is 0.835. The van der Waals surface area contributed by atoms with Crippen LogP contribution in [0.25, 0.3) is 0 Å². The van der Waals surface area contributed by atoms with Gasteiger partial charge in [0, 0.05) is 6.04 Å². The molecule has 1 saturated heterocycles. The van der Waals surface area contributed by atoms with E-state index in [0.29, 0.717) is 12.8 Å². The van der Waals surface area contributed by atoms with Crippen LogP contribution in [0.4, 0.5) is 0 Å². The fourth-order valence-electron chi connectivity index (χ4n) is 2.77. The van der Waals surface area contributed by atoms with Crippen molar-refractivity contribution in [1.29, 1.82) is 0 Å². The summed E-state index contributed by atoms with van der Waals surface area (Å²) in [6.07, 6.45) is 2.17. The Kier molecular flexibility index (Phi) is 4.08. The lowest BCUT2D eigenvalue weighted by molar-refractivity contribution is -0.166. The standard InChI is InChI=1S/C14H26N2O2/c1-7-10(4)16-12(18)13(5,6)15-11(17)14(16,8-2)9-3/h10H,7-9H2,1-6H3,(H,15,17). The van der Waals surface area contributed by atoms with Crippen LogP contribution in [-0.4, -0.2) is 33.8 Å². The molecule has 4 nitrogen and oxygen atoms in total. The summed E-state index contributed by atoms with van der Waals surface area (Å²) in [5, 5.41) is 2.88. The third-order valence-electron chi connectivity index (χ3n) is 4.26. The van der Waals surface area contributed by atoms with Crippen molar-refractivity contribution < 1.29 is 9.59 Å². The van der Waals surface area contributed by atoms with Gasteiger partial charge in [-0.15, -0.1) is 0 Å². The van der Waals surface area contributed by atoms with E-state index >= 15 is 0 Å². The maximum atomic E-state index is 12.6. The third kappa shape index (κ3) is 2.02. The lowest BCUT2D eigenvalue weighted by atomic mass is 9.81. The van der Waals surface area contributed by atoms with Gasteiger partial charge in [-0.25, -0.2) is 0 Å². The molecule has 2 amide bonds. The molecule has 0 aromatic rings. The van der Waals surface area contributed by atoms with Gasteiger partial charge in [0.15, 0.2) is 0 Å². The fraction of sp³-hybridized carbons (Fsp3) is 0.857. The second-order valence-corrected chi connectivity index (χ2v) is 5.75. The molecule has 0 aromatic carbocycles. The SMILES string of the molecule is CCC(C)N1C(=O)C(C)(C)NC(=O)C1(CC)CC. The molecule has 1 unspecified atom stereocenters. The predicted octanol–water partition coefficient (Wildman–Crippen LogP) is 2.08. The summed E-state index contributed by atoms with van der Waals surface area (Å²) in [7, 11) is 0. The first-order chi connectivity index (χ1) is 8.26. The number of amides is 2. The Bertz CT molecular complexity index is 346. The minimum Gasteiger partial charge on any atom is -0.340 e. The first-order valence-corrected chi connectivity index (χ1v) is 6.93. The van der Waals surface area contributed by atoms with Gasteiger partial charge in [0.25, 0.3) is 0 Å². The van der Waals surface area contributed by atoms with Crippen LogP contribution in [0.1, 0.15) is 60.8 Å². The number of rotatable bonds is 4. The molecular weight excluding hydrogens is 228 g/mol. The molecular formula is C14H26N2O2. The van der Waals surface area contributed by atoms with Gasteiger partial charge in [-0.2, -0.15) is 0 Å². The highest BCUT2D eigenvalue weighted by molar-refractivity contribution is 6.02. The number of nitrogens with one attached hydrogen (secondary N) is 1. The van der Waals surface area contributed by atoms with Crippen LogP contribution in [0.2, 0.25) is 0 Å². The maximum Gasteiger partial charge on any atom is 0.248 e. The molecule has 1 atom stereocenters. The van der Waals surface area contributed by atoms with Gasteiger partial charge in [-0.1, -0.05) is 20.8 Å². The second kappa shape index (κ2) is 4.90. The van der Waals surface area contributed by atoms with Crippen LogP contribution in [0, 0.1) is 0 Å². The molecule has 0 bridgehead atoms. The summed E-state index contributed by atoms with van der Waals surface area (Å²) < 4.78 is 0. The van der Waals surface area contributed by atoms with E-state index in [0.717, 1.165) is 6.42 Å². The van der Waals surface area contributed by atoms with Crippen molar-refractivity contribution in [2.75, 3.05) is 0 Å². The number of hydrogen-bond acceptors (Lipinski definition) is 2. The zero-order valence-electron chi connectivity index (χ0n) is 12.5. The van der Waals surface area contributed by atoms with Gasteiger partial charge in [0.2, 0.25) is 11.8 Å². The molecule has 4 heteroatoms. The van der Waals surface area contributed by atoms with E-state index < -0.39 is 11.1 Å². The van der Waals surface area contributed by atoms with Gasteiger partial charge in [-0.3, -0.25) is 9.59 Å². The topological polar surface area (TPSA) is 49.4 Å². The summed E-state index contributed by atoms with van der Waals surface area (Å²) in [6.45, 7) is 11.6. The highest BCUT2D eigenvalue weighted by Gasteiger charge is 2.54. The van der Waals surface area contributed by atoms with Crippen LogP contribution in [0.15, 0.2) is 0 Å². The van der Waals surface area contributed by atoms with Crippen LogP contribution < -0.4 is 5.32 Å². The average molecular weight is 254 g/mol. The lowest BCUT2D eigenvalue weighted by Gasteiger charge is -2.52. The summed E-state index contributed by atoms with van der Waals surface area (Å²) in [5.41, 5.74) is -1.48. The summed E-state index contributed by atoms with van der Waals surface area (Å²) in [4.78, 5) is 26.9. The summed E-state index contributed by atoms with van der Waals surface area (Å²) in [6, 6.07) is 0.0859. The van der Waals surface area contributed by atoms with E-state index in [-0.39, 0.29) is 17.9 Å². The normalized spacial score (nSPS) is 23.8. The molecule has 1 fully saturated rings. The van der Waals surface area contributed by atoms with Crippen molar-refractivity contribution in [1.82, 2.24) is 10.2 Å². The Labute approximate surface area is 110 Å². The molecule has 0 radical (unpaired) electrons. The van der Waals surface area contributed by atoms with Crippen molar-refractivity contribution in [3.05, 3.63) is 0 Å². The smallest absolute Gasteiger partial charge is 0.248 e. The zero-order valence-corrected chi connectivity index (χ0v) is 12.5. The van der Waals surface area contributed by atoms with Crippen LogP contribution in [0.5, 0.6) is 0 Å². The minimum atomic E-state index is -0.797. The maximum absolute atomic E-state index is 12.6. The Morgan fingerprint density at radius 3 is 2.06 bits per heavy atom. The van der Waals surface area contributed by atoms with E-state index in [2.05, 4.69) is 5.32 Å². The summed E-state index contributed by atoms with van der Waals surface area (Å²) in [5.74, 6) is 0.0116. The molecule has 1 rings (SSSR count). The molecule has 1 heterocycles. The number of carbonyl (C=O) groups is 2. The van der Waals surface area contributed by atoms with Gasteiger partial charge in [-0.05, 0) is 40.0 Å². The number of piperazine rings is 1.